The van der Waals surface area contributed by atoms with Gasteiger partial charge < -0.3 is 4.42 Å². The second-order valence-corrected chi connectivity index (χ2v) is 9.06. The molecule has 0 bridgehead atoms. The number of benzene rings is 2. The summed E-state index contributed by atoms with van der Waals surface area (Å²) in [5.41, 5.74) is 3.10. The number of halogens is 1. The van der Waals surface area contributed by atoms with E-state index in [1.165, 1.54) is 0 Å². The van der Waals surface area contributed by atoms with Crippen LogP contribution in [0.5, 0.6) is 0 Å². The number of para-hydroxylation sites is 2. The van der Waals surface area contributed by atoms with Crippen molar-refractivity contribution in [1.82, 2.24) is 4.98 Å². The Labute approximate surface area is 179 Å². The number of carbonyl (C=O) groups excluding carboxylic acids is 1. The third-order valence-corrected chi connectivity index (χ3v) is 5.82. The maximum Gasteiger partial charge on any atom is 0.302 e. The van der Waals surface area contributed by atoms with E-state index in [4.69, 9.17) is 26.0 Å². The van der Waals surface area contributed by atoms with Crippen LogP contribution in [-0.4, -0.2) is 22.4 Å². The topological polar surface area (TPSA) is 79.9 Å². The van der Waals surface area contributed by atoms with Crippen molar-refractivity contribution in [3.63, 3.8) is 0 Å². The van der Waals surface area contributed by atoms with Gasteiger partial charge in [0.1, 0.15) is 11.3 Å². The predicted molar refractivity (Wildman–Crippen MR) is 118 cm³/mol. The van der Waals surface area contributed by atoms with Crippen molar-refractivity contribution in [3.05, 3.63) is 59.1 Å². The number of hydrogen-bond acceptors (Lipinski definition) is 6. The molecule has 1 N–H and O–H groups in total. The van der Waals surface area contributed by atoms with E-state index in [0.717, 1.165) is 23.2 Å². The molecule has 3 aromatic rings. The van der Waals surface area contributed by atoms with E-state index in [1.54, 1.807) is 0 Å². The fourth-order valence-electron chi connectivity index (χ4n) is 4.28. The Bertz CT molecular complexity index is 1160. The summed E-state index contributed by atoms with van der Waals surface area (Å²) in [7, 11) is 0. The molecule has 7 heteroatoms. The molecule has 1 aliphatic heterocycles. The Morgan fingerprint density at radius 2 is 1.87 bits per heavy atom. The summed E-state index contributed by atoms with van der Waals surface area (Å²) in [5, 5.41) is 3.75. The predicted octanol–water partition coefficient (Wildman–Crippen LogP) is 5.45. The Balaban J connectivity index is 1.54. The quantitative estimate of drug-likeness (QED) is 0.597. The first-order valence-corrected chi connectivity index (χ1v) is 10.3. The number of aromatic nitrogens is 1. The van der Waals surface area contributed by atoms with Crippen LogP contribution in [-0.2, 0) is 4.79 Å². The first-order valence-electron chi connectivity index (χ1n) is 9.94. The number of carbonyl (C=O) groups is 1. The van der Waals surface area contributed by atoms with Crippen LogP contribution < -0.4 is 5.32 Å². The van der Waals surface area contributed by atoms with Crippen LogP contribution in [0.25, 0.3) is 11.1 Å². The van der Waals surface area contributed by atoms with Gasteiger partial charge in [-0.15, -0.1) is 0 Å². The molecule has 2 aromatic carbocycles. The average molecular weight is 421 g/mol. The van der Waals surface area contributed by atoms with Crippen LogP contribution in [0.15, 0.2) is 62.9 Å². The lowest BCUT2D eigenvalue weighted by Gasteiger charge is -2.38. The van der Waals surface area contributed by atoms with Crippen LogP contribution in [0.4, 0.5) is 6.01 Å². The molecule has 1 saturated carbocycles. The molecular formula is C23H21ClN4O2. The number of anilines is 1. The SMILES string of the molecule is CC1(C)CC(=O)C2C(=NC(Nc3nc4ccccc4o3)=NC2c2ccc(Cl)cc2)C1. The van der Waals surface area contributed by atoms with Gasteiger partial charge in [-0.25, -0.2) is 9.98 Å². The first-order chi connectivity index (χ1) is 14.4. The molecule has 1 fully saturated rings. The normalized spacial score (nSPS) is 23.0. The van der Waals surface area contributed by atoms with Gasteiger partial charge in [0.25, 0.3) is 0 Å². The van der Waals surface area contributed by atoms with E-state index < -0.39 is 0 Å². The maximum absolute atomic E-state index is 13.0. The minimum Gasteiger partial charge on any atom is -0.423 e. The van der Waals surface area contributed by atoms with Crippen molar-refractivity contribution < 1.29 is 9.21 Å². The Morgan fingerprint density at radius 3 is 2.63 bits per heavy atom. The summed E-state index contributed by atoms with van der Waals surface area (Å²) in [6.07, 6.45) is 1.26. The molecule has 2 heterocycles. The number of hydrogen-bond donors (Lipinski definition) is 1. The molecule has 1 aliphatic carbocycles. The fourth-order valence-corrected chi connectivity index (χ4v) is 4.40. The summed E-state index contributed by atoms with van der Waals surface area (Å²) in [5.74, 6) is 0.223. The highest BCUT2D eigenvalue weighted by Crippen LogP contribution is 2.42. The van der Waals surface area contributed by atoms with E-state index in [9.17, 15) is 4.79 Å². The highest BCUT2D eigenvalue weighted by molar-refractivity contribution is 6.30. The highest BCUT2D eigenvalue weighted by Gasteiger charge is 2.44. The summed E-state index contributed by atoms with van der Waals surface area (Å²) >= 11 is 6.07. The molecule has 2 atom stereocenters. The second-order valence-electron chi connectivity index (χ2n) is 8.63. The van der Waals surface area contributed by atoms with Gasteiger partial charge in [0, 0.05) is 17.2 Å². The molecular weight excluding hydrogens is 400 g/mol. The Hall–Kier alpha value is -2.99. The van der Waals surface area contributed by atoms with Gasteiger partial charge in [-0.1, -0.05) is 49.7 Å². The Morgan fingerprint density at radius 1 is 1.10 bits per heavy atom. The van der Waals surface area contributed by atoms with Crippen LogP contribution in [0, 0.1) is 11.3 Å². The zero-order chi connectivity index (χ0) is 20.9. The Kier molecular flexibility index (Phi) is 4.47. The lowest BCUT2D eigenvalue weighted by atomic mass is 9.68. The summed E-state index contributed by atoms with van der Waals surface area (Å²) in [6.45, 7) is 4.20. The van der Waals surface area contributed by atoms with Crippen molar-refractivity contribution in [2.45, 2.75) is 32.7 Å². The molecule has 1 aromatic heterocycles. The van der Waals surface area contributed by atoms with Gasteiger partial charge in [0.2, 0.25) is 5.96 Å². The maximum atomic E-state index is 13.0. The molecule has 152 valence electrons. The monoisotopic (exact) mass is 420 g/mol. The van der Waals surface area contributed by atoms with Crippen molar-refractivity contribution >= 4 is 46.2 Å². The van der Waals surface area contributed by atoms with Crippen LogP contribution >= 0.6 is 11.6 Å². The van der Waals surface area contributed by atoms with E-state index >= 15 is 0 Å². The molecule has 2 unspecified atom stereocenters. The highest BCUT2D eigenvalue weighted by atomic mass is 35.5. The molecule has 0 radical (unpaired) electrons. The molecule has 2 aliphatic rings. The van der Waals surface area contributed by atoms with Crippen molar-refractivity contribution in [3.8, 4) is 0 Å². The number of fused-ring (bicyclic) bond motifs is 2. The lowest BCUT2D eigenvalue weighted by Crippen LogP contribution is -2.43. The average Bonchev–Trinajstić information content (AvgIpc) is 3.09. The van der Waals surface area contributed by atoms with Crippen LogP contribution in [0.2, 0.25) is 5.02 Å². The molecule has 6 nitrogen and oxygen atoms in total. The van der Waals surface area contributed by atoms with Crippen molar-refractivity contribution in [2.75, 3.05) is 5.32 Å². The number of nitrogens with one attached hydrogen (secondary N) is 1. The van der Waals surface area contributed by atoms with Gasteiger partial charge in [-0.3, -0.25) is 10.1 Å². The molecule has 30 heavy (non-hydrogen) atoms. The largest absolute Gasteiger partial charge is 0.423 e. The van der Waals surface area contributed by atoms with Crippen molar-refractivity contribution in [2.24, 2.45) is 21.3 Å². The number of oxazole rings is 1. The minimum absolute atomic E-state index is 0.128. The van der Waals surface area contributed by atoms with Gasteiger partial charge >= 0.3 is 6.01 Å². The number of rotatable bonds is 2. The zero-order valence-electron chi connectivity index (χ0n) is 16.7. The summed E-state index contributed by atoms with van der Waals surface area (Å²) < 4.78 is 5.77. The fraction of sp³-hybridized carbons (Fsp3) is 0.304. The first kappa shape index (κ1) is 19.0. The minimum atomic E-state index is -0.356. The lowest BCUT2D eigenvalue weighted by molar-refractivity contribution is -0.124. The van der Waals surface area contributed by atoms with Gasteiger partial charge in [0.15, 0.2) is 5.58 Å². The second kappa shape index (κ2) is 7.06. The summed E-state index contributed by atoms with van der Waals surface area (Å²) in [4.78, 5) is 27.0. The van der Waals surface area contributed by atoms with Gasteiger partial charge in [-0.2, -0.15) is 4.98 Å². The zero-order valence-corrected chi connectivity index (χ0v) is 17.5. The van der Waals surface area contributed by atoms with Gasteiger partial charge in [0.05, 0.1) is 12.0 Å². The third-order valence-electron chi connectivity index (χ3n) is 5.57. The smallest absolute Gasteiger partial charge is 0.302 e. The number of ketones is 1. The van der Waals surface area contributed by atoms with E-state index in [0.29, 0.717) is 29.0 Å². The van der Waals surface area contributed by atoms with Gasteiger partial charge in [-0.05, 0) is 41.7 Å². The number of guanidine groups is 1. The number of aliphatic imine (C=N–C) groups is 2. The molecule has 0 amide bonds. The number of nitrogens with zero attached hydrogens (tertiary/aromatic N) is 3. The number of Topliss-reactive ketones (excluding diaryl/α,β-unsaturated/α-hetero) is 1. The summed E-state index contributed by atoms with van der Waals surface area (Å²) in [6, 6.07) is 15.0. The van der Waals surface area contributed by atoms with E-state index in [1.807, 2.05) is 48.5 Å². The third kappa shape index (κ3) is 3.52. The van der Waals surface area contributed by atoms with E-state index in [-0.39, 0.29) is 23.2 Å². The molecule has 0 spiro atoms. The molecule has 0 saturated heterocycles. The van der Waals surface area contributed by atoms with Crippen molar-refractivity contribution in [1.29, 1.82) is 0 Å². The van der Waals surface area contributed by atoms with Crippen LogP contribution in [0.1, 0.15) is 38.3 Å². The van der Waals surface area contributed by atoms with Crippen LogP contribution in [0.3, 0.4) is 0 Å². The molecule has 5 rings (SSSR count). The van der Waals surface area contributed by atoms with E-state index in [2.05, 4.69) is 24.1 Å². The standard InChI is InChI=1S/C23H21ClN4O2/c1-23(2)11-16-19(17(29)12-23)20(13-7-9-14(24)10-8-13)27-21(25-16)28-22-26-15-5-3-4-6-18(15)30-22/h3-10,19-20H,11-12H2,1-2H3,(H,26,27,28).